The molecule has 1 aliphatic heterocycles. The number of carbonyl (C=O) groups is 2. The van der Waals surface area contributed by atoms with Crippen molar-refractivity contribution in [3.63, 3.8) is 0 Å². The second-order valence-electron chi connectivity index (χ2n) is 5.37. The van der Waals surface area contributed by atoms with Crippen LogP contribution in [0.1, 0.15) is 35.7 Å². The van der Waals surface area contributed by atoms with Gasteiger partial charge in [0.1, 0.15) is 5.82 Å². The standard InChI is InChI=1S/C15H18FNO3/c1-9-7-12(16)3-4-13(9)14(18)17-6-5-11(15(19)20)8-10(17)2/h3-4,7,10-11H,5-6,8H2,1-2H3,(H,19,20). The van der Waals surface area contributed by atoms with Gasteiger partial charge in [0.25, 0.3) is 5.91 Å². The van der Waals surface area contributed by atoms with E-state index in [9.17, 15) is 14.0 Å². The number of carboxylic acid groups (broad SMARTS) is 1. The SMILES string of the molecule is Cc1cc(F)ccc1C(=O)N1CCC(C(=O)O)CC1C. The lowest BCUT2D eigenvalue weighted by molar-refractivity contribution is -0.143. The van der Waals surface area contributed by atoms with Gasteiger partial charge in [0.2, 0.25) is 0 Å². The van der Waals surface area contributed by atoms with E-state index in [2.05, 4.69) is 0 Å². The van der Waals surface area contributed by atoms with E-state index in [1.807, 2.05) is 6.92 Å². The summed E-state index contributed by atoms with van der Waals surface area (Å²) >= 11 is 0. The molecule has 1 N–H and O–H groups in total. The number of aryl methyl sites for hydroxylation is 1. The van der Waals surface area contributed by atoms with Crippen LogP contribution in [0.4, 0.5) is 4.39 Å². The first-order chi connectivity index (χ1) is 9.40. The number of nitrogens with zero attached hydrogens (tertiary/aromatic N) is 1. The van der Waals surface area contributed by atoms with Crippen molar-refractivity contribution in [2.24, 2.45) is 5.92 Å². The molecule has 1 amide bonds. The molecule has 2 unspecified atom stereocenters. The van der Waals surface area contributed by atoms with Gasteiger partial charge >= 0.3 is 5.97 Å². The van der Waals surface area contributed by atoms with Gasteiger partial charge in [-0.25, -0.2) is 4.39 Å². The smallest absolute Gasteiger partial charge is 0.306 e. The molecule has 0 spiro atoms. The molecule has 0 saturated carbocycles. The van der Waals surface area contributed by atoms with Crippen LogP contribution in [0.3, 0.4) is 0 Å². The van der Waals surface area contributed by atoms with Gasteiger partial charge in [0.05, 0.1) is 5.92 Å². The van der Waals surface area contributed by atoms with E-state index in [1.54, 1.807) is 11.8 Å². The fourth-order valence-corrected chi connectivity index (χ4v) is 2.72. The minimum atomic E-state index is -0.804. The van der Waals surface area contributed by atoms with E-state index < -0.39 is 5.97 Å². The van der Waals surface area contributed by atoms with Crippen LogP contribution in [0.25, 0.3) is 0 Å². The van der Waals surface area contributed by atoms with Gasteiger partial charge in [-0.15, -0.1) is 0 Å². The maximum absolute atomic E-state index is 13.1. The fraction of sp³-hybridized carbons (Fsp3) is 0.467. The van der Waals surface area contributed by atoms with Gasteiger partial charge in [0, 0.05) is 18.2 Å². The second-order valence-corrected chi connectivity index (χ2v) is 5.37. The average Bonchev–Trinajstić information content (AvgIpc) is 2.37. The van der Waals surface area contributed by atoms with Gasteiger partial charge in [-0.2, -0.15) is 0 Å². The number of carbonyl (C=O) groups excluding carboxylic acids is 1. The first-order valence-corrected chi connectivity index (χ1v) is 6.70. The Hall–Kier alpha value is -1.91. The first-order valence-electron chi connectivity index (χ1n) is 6.70. The molecule has 20 heavy (non-hydrogen) atoms. The van der Waals surface area contributed by atoms with E-state index in [-0.39, 0.29) is 23.7 Å². The zero-order valence-corrected chi connectivity index (χ0v) is 11.6. The van der Waals surface area contributed by atoms with Crippen LogP contribution in [0.5, 0.6) is 0 Å². The summed E-state index contributed by atoms with van der Waals surface area (Å²) in [5.74, 6) is -1.71. The van der Waals surface area contributed by atoms with Crippen molar-refractivity contribution in [1.29, 1.82) is 0 Å². The van der Waals surface area contributed by atoms with Crippen LogP contribution in [0, 0.1) is 18.7 Å². The highest BCUT2D eigenvalue weighted by atomic mass is 19.1. The molecule has 5 heteroatoms. The minimum Gasteiger partial charge on any atom is -0.481 e. The highest BCUT2D eigenvalue weighted by Gasteiger charge is 2.32. The van der Waals surface area contributed by atoms with Crippen molar-refractivity contribution in [2.45, 2.75) is 32.7 Å². The number of hydrogen-bond acceptors (Lipinski definition) is 2. The lowest BCUT2D eigenvalue weighted by Crippen LogP contribution is -2.46. The Morgan fingerprint density at radius 3 is 2.65 bits per heavy atom. The number of benzene rings is 1. The summed E-state index contributed by atoms with van der Waals surface area (Å²) in [5, 5.41) is 9.03. The Morgan fingerprint density at radius 2 is 2.10 bits per heavy atom. The molecule has 2 atom stereocenters. The summed E-state index contributed by atoms with van der Waals surface area (Å²) in [6, 6.07) is 3.97. The molecule has 0 aromatic heterocycles. The molecule has 1 heterocycles. The predicted octanol–water partition coefficient (Wildman–Crippen LogP) is 2.46. The summed E-state index contributed by atoms with van der Waals surface area (Å²) in [6.45, 7) is 3.98. The van der Waals surface area contributed by atoms with Crippen LogP contribution in [0.15, 0.2) is 18.2 Å². The number of piperidine rings is 1. The van der Waals surface area contributed by atoms with Crippen molar-refractivity contribution in [3.8, 4) is 0 Å². The summed E-state index contributed by atoms with van der Waals surface area (Å²) in [7, 11) is 0. The number of carboxylic acids is 1. The van der Waals surface area contributed by atoms with Gasteiger partial charge in [-0.1, -0.05) is 0 Å². The van der Waals surface area contributed by atoms with E-state index in [0.29, 0.717) is 30.5 Å². The molecule has 0 bridgehead atoms. The lowest BCUT2D eigenvalue weighted by atomic mass is 9.91. The van der Waals surface area contributed by atoms with Gasteiger partial charge in [-0.05, 0) is 50.5 Å². The minimum absolute atomic E-state index is 0.123. The molecule has 4 nitrogen and oxygen atoms in total. The first kappa shape index (κ1) is 14.5. The molecule has 1 saturated heterocycles. The molecule has 1 fully saturated rings. The van der Waals surface area contributed by atoms with Crippen LogP contribution < -0.4 is 0 Å². The predicted molar refractivity (Wildman–Crippen MR) is 72.0 cm³/mol. The Kier molecular flexibility index (Phi) is 4.06. The molecule has 0 aliphatic carbocycles. The van der Waals surface area contributed by atoms with Gasteiger partial charge in [-0.3, -0.25) is 9.59 Å². The fourth-order valence-electron chi connectivity index (χ4n) is 2.72. The lowest BCUT2D eigenvalue weighted by Gasteiger charge is -2.36. The summed E-state index contributed by atoms with van der Waals surface area (Å²) in [4.78, 5) is 25.1. The molecule has 0 radical (unpaired) electrons. The number of hydrogen-bond donors (Lipinski definition) is 1. The quantitative estimate of drug-likeness (QED) is 0.904. The van der Waals surface area contributed by atoms with Crippen LogP contribution in [0.2, 0.25) is 0 Å². The summed E-state index contributed by atoms with van der Waals surface area (Å²) < 4.78 is 13.1. The zero-order valence-electron chi connectivity index (χ0n) is 11.6. The molecule has 2 rings (SSSR count). The third-order valence-corrected chi connectivity index (χ3v) is 3.91. The molecular formula is C15H18FNO3. The van der Waals surface area contributed by atoms with Crippen molar-refractivity contribution in [2.75, 3.05) is 6.54 Å². The summed E-state index contributed by atoms with van der Waals surface area (Å²) in [6.07, 6.45) is 0.924. The zero-order chi connectivity index (χ0) is 14.9. The van der Waals surface area contributed by atoms with Crippen molar-refractivity contribution >= 4 is 11.9 Å². The summed E-state index contributed by atoms with van der Waals surface area (Å²) in [5.41, 5.74) is 1.08. The third-order valence-electron chi connectivity index (χ3n) is 3.91. The number of aliphatic carboxylic acids is 1. The molecule has 1 aromatic carbocycles. The molecule has 1 aliphatic rings. The second kappa shape index (κ2) is 5.61. The maximum Gasteiger partial charge on any atom is 0.306 e. The average molecular weight is 279 g/mol. The van der Waals surface area contributed by atoms with Crippen molar-refractivity contribution in [1.82, 2.24) is 4.90 Å². The van der Waals surface area contributed by atoms with E-state index >= 15 is 0 Å². The van der Waals surface area contributed by atoms with Gasteiger partial charge in [0.15, 0.2) is 0 Å². The molecule has 1 aromatic rings. The van der Waals surface area contributed by atoms with Crippen LogP contribution in [-0.2, 0) is 4.79 Å². The number of rotatable bonds is 2. The Bertz CT molecular complexity index is 544. The monoisotopic (exact) mass is 279 g/mol. The van der Waals surface area contributed by atoms with Crippen LogP contribution >= 0.6 is 0 Å². The Morgan fingerprint density at radius 1 is 1.40 bits per heavy atom. The number of halogens is 1. The largest absolute Gasteiger partial charge is 0.481 e. The molecular weight excluding hydrogens is 261 g/mol. The normalized spacial score (nSPS) is 22.6. The Labute approximate surface area is 117 Å². The highest BCUT2D eigenvalue weighted by molar-refractivity contribution is 5.96. The van der Waals surface area contributed by atoms with E-state index in [0.717, 1.165) is 0 Å². The van der Waals surface area contributed by atoms with Crippen molar-refractivity contribution in [3.05, 3.63) is 35.1 Å². The number of likely N-dealkylation sites (tertiary alicyclic amines) is 1. The Balaban J connectivity index is 2.16. The molecule has 108 valence electrons. The maximum atomic E-state index is 13.1. The third kappa shape index (κ3) is 2.81. The van der Waals surface area contributed by atoms with Gasteiger partial charge < -0.3 is 10.0 Å². The van der Waals surface area contributed by atoms with Crippen molar-refractivity contribution < 1.29 is 19.1 Å². The number of amides is 1. The highest BCUT2D eigenvalue weighted by Crippen LogP contribution is 2.25. The van der Waals surface area contributed by atoms with Crippen LogP contribution in [-0.4, -0.2) is 34.5 Å². The topological polar surface area (TPSA) is 57.6 Å². The van der Waals surface area contributed by atoms with E-state index in [4.69, 9.17) is 5.11 Å². The van der Waals surface area contributed by atoms with E-state index in [1.165, 1.54) is 18.2 Å².